The van der Waals surface area contributed by atoms with Gasteiger partial charge < -0.3 is 15.0 Å². The molecule has 1 saturated carbocycles. The lowest BCUT2D eigenvalue weighted by Gasteiger charge is -1.98. The number of nitrogens with two attached hydrogens (primary N) is 1. The summed E-state index contributed by atoms with van der Waals surface area (Å²) in [4.78, 5) is 25.9. The van der Waals surface area contributed by atoms with Crippen molar-refractivity contribution in [3.8, 4) is 0 Å². The molecule has 1 fully saturated rings. The molecule has 1 heterocycles. The number of rotatable bonds is 6. The van der Waals surface area contributed by atoms with Crippen molar-refractivity contribution >= 4 is 11.9 Å². The molecule has 1 aliphatic carbocycles. The minimum atomic E-state index is -0.841. The number of ketones is 1. The van der Waals surface area contributed by atoms with Crippen LogP contribution in [-0.2, 0) is 4.74 Å². The molecule has 2 N–H and O–H groups in total. The third-order valence-corrected chi connectivity index (χ3v) is 2.42. The Morgan fingerprint density at radius 1 is 1.47 bits per heavy atom. The Morgan fingerprint density at radius 3 is 2.88 bits per heavy atom. The minimum Gasteiger partial charge on any atom is -0.450 e. The Labute approximate surface area is 97.3 Å². The molecular weight excluding hydrogens is 226 g/mol. The van der Waals surface area contributed by atoms with Crippen molar-refractivity contribution in [2.24, 2.45) is 5.73 Å². The molecule has 0 spiro atoms. The molecule has 1 amide bonds. The summed E-state index contributed by atoms with van der Waals surface area (Å²) in [6.07, 6.45) is 1.85. The first kappa shape index (κ1) is 11.6. The maximum atomic E-state index is 11.6. The number of hydrogen-bond donors (Lipinski definition) is 1. The van der Waals surface area contributed by atoms with Gasteiger partial charge in [-0.3, -0.25) is 4.79 Å². The molecule has 0 radical (unpaired) electrons. The summed E-state index contributed by atoms with van der Waals surface area (Å²) in [6.45, 7) is 0.116. The lowest BCUT2D eigenvalue weighted by molar-refractivity contribution is 0.0921. The van der Waals surface area contributed by atoms with E-state index < -0.39 is 6.09 Å². The Bertz CT molecular complexity index is 425. The van der Waals surface area contributed by atoms with E-state index in [1.165, 1.54) is 0 Å². The van der Waals surface area contributed by atoms with Gasteiger partial charge in [0.2, 0.25) is 5.78 Å². The van der Waals surface area contributed by atoms with Gasteiger partial charge in [0.05, 0.1) is 6.61 Å². The molecule has 0 aliphatic heterocycles. The van der Waals surface area contributed by atoms with Gasteiger partial charge in [0, 0.05) is 12.3 Å². The highest BCUT2D eigenvalue weighted by molar-refractivity contribution is 5.91. The summed E-state index contributed by atoms with van der Waals surface area (Å²) in [7, 11) is 0. The second-order valence-corrected chi connectivity index (χ2v) is 3.93. The Balaban J connectivity index is 1.76. The summed E-state index contributed by atoms with van der Waals surface area (Å²) in [6, 6.07) is 0. The normalized spacial score (nSPS) is 14.6. The monoisotopic (exact) mass is 239 g/mol. The highest BCUT2D eigenvalue weighted by atomic mass is 16.5. The first-order chi connectivity index (χ1) is 8.16. The molecule has 7 heteroatoms. The Hall–Kier alpha value is -1.92. The zero-order chi connectivity index (χ0) is 12.3. The van der Waals surface area contributed by atoms with Gasteiger partial charge in [0.25, 0.3) is 5.89 Å². The van der Waals surface area contributed by atoms with E-state index in [4.69, 9.17) is 10.3 Å². The molecule has 7 nitrogen and oxygen atoms in total. The van der Waals surface area contributed by atoms with Gasteiger partial charge in [-0.2, -0.15) is 4.98 Å². The molecule has 92 valence electrons. The highest BCUT2D eigenvalue weighted by Crippen LogP contribution is 2.38. The topological polar surface area (TPSA) is 108 Å². The van der Waals surface area contributed by atoms with Crippen LogP contribution < -0.4 is 5.73 Å². The fourth-order valence-corrected chi connectivity index (χ4v) is 1.37. The minimum absolute atomic E-state index is 0.0333. The van der Waals surface area contributed by atoms with E-state index in [2.05, 4.69) is 14.9 Å². The number of nitrogens with zero attached hydrogens (tertiary/aromatic N) is 2. The predicted octanol–water partition coefficient (Wildman–Crippen LogP) is 1.01. The SMILES string of the molecule is NC(=O)OCCCC(=O)c1nc(C2CC2)no1. The quantitative estimate of drug-likeness (QED) is 0.586. The third kappa shape index (κ3) is 3.27. The van der Waals surface area contributed by atoms with Gasteiger partial charge in [-0.1, -0.05) is 5.16 Å². The maximum absolute atomic E-state index is 11.6. The molecule has 0 saturated heterocycles. The number of amides is 1. The summed E-state index contributed by atoms with van der Waals surface area (Å²) < 4.78 is 9.36. The molecule has 0 bridgehead atoms. The summed E-state index contributed by atoms with van der Waals surface area (Å²) in [5, 5.41) is 3.74. The highest BCUT2D eigenvalue weighted by Gasteiger charge is 2.29. The van der Waals surface area contributed by atoms with Gasteiger partial charge >= 0.3 is 6.09 Å². The van der Waals surface area contributed by atoms with Crippen LogP contribution >= 0.6 is 0 Å². The summed E-state index contributed by atoms with van der Waals surface area (Å²) in [5.41, 5.74) is 4.78. The van der Waals surface area contributed by atoms with E-state index in [-0.39, 0.29) is 24.7 Å². The van der Waals surface area contributed by atoms with E-state index >= 15 is 0 Å². The lowest BCUT2D eigenvalue weighted by atomic mass is 10.2. The zero-order valence-corrected chi connectivity index (χ0v) is 9.22. The van der Waals surface area contributed by atoms with Crippen LogP contribution in [0, 0.1) is 0 Å². The average molecular weight is 239 g/mol. The van der Waals surface area contributed by atoms with Crippen molar-refractivity contribution in [1.29, 1.82) is 0 Å². The summed E-state index contributed by atoms with van der Waals surface area (Å²) >= 11 is 0. The van der Waals surface area contributed by atoms with Crippen LogP contribution in [-0.4, -0.2) is 28.6 Å². The summed E-state index contributed by atoms with van der Waals surface area (Å²) in [5.74, 6) is 0.767. The number of aromatic nitrogens is 2. The van der Waals surface area contributed by atoms with Crippen molar-refractivity contribution in [2.75, 3.05) is 6.61 Å². The van der Waals surface area contributed by atoms with Crippen LogP contribution in [0.3, 0.4) is 0 Å². The largest absolute Gasteiger partial charge is 0.450 e. The van der Waals surface area contributed by atoms with Gasteiger partial charge in [0.1, 0.15) is 0 Å². The molecule has 2 rings (SSSR count). The molecule has 0 unspecified atom stereocenters. The molecule has 17 heavy (non-hydrogen) atoms. The fourth-order valence-electron chi connectivity index (χ4n) is 1.37. The lowest BCUT2D eigenvalue weighted by Crippen LogP contribution is -2.14. The van der Waals surface area contributed by atoms with Gasteiger partial charge in [0.15, 0.2) is 5.82 Å². The first-order valence-corrected chi connectivity index (χ1v) is 5.46. The number of carbonyl (C=O) groups is 2. The number of ether oxygens (including phenoxy) is 1. The number of primary amides is 1. The van der Waals surface area contributed by atoms with E-state index in [1.807, 2.05) is 0 Å². The number of Topliss-reactive ketones (excluding diaryl/α,β-unsaturated/α-hetero) is 1. The number of carbonyl (C=O) groups excluding carboxylic acids is 2. The van der Waals surface area contributed by atoms with Gasteiger partial charge in [-0.05, 0) is 19.3 Å². The Morgan fingerprint density at radius 2 is 2.24 bits per heavy atom. The molecule has 0 atom stereocenters. The second kappa shape index (κ2) is 4.94. The molecular formula is C10H13N3O4. The maximum Gasteiger partial charge on any atom is 0.404 e. The van der Waals surface area contributed by atoms with Crippen LogP contribution in [0.1, 0.15) is 48.1 Å². The molecule has 1 aliphatic rings. The average Bonchev–Trinajstić information content (AvgIpc) is 3.02. The van der Waals surface area contributed by atoms with E-state index in [0.29, 0.717) is 18.2 Å². The second-order valence-electron chi connectivity index (χ2n) is 3.93. The van der Waals surface area contributed by atoms with Crippen LogP contribution in [0.2, 0.25) is 0 Å². The van der Waals surface area contributed by atoms with Crippen LogP contribution in [0.15, 0.2) is 4.52 Å². The van der Waals surface area contributed by atoms with Crippen molar-refractivity contribution in [3.05, 3.63) is 11.7 Å². The Kier molecular flexibility index (Phi) is 3.36. The predicted molar refractivity (Wildman–Crippen MR) is 55.4 cm³/mol. The van der Waals surface area contributed by atoms with Crippen LogP contribution in [0.25, 0.3) is 0 Å². The van der Waals surface area contributed by atoms with Gasteiger partial charge in [-0.25, -0.2) is 4.79 Å². The van der Waals surface area contributed by atoms with Crippen molar-refractivity contribution in [3.63, 3.8) is 0 Å². The molecule has 1 aromatic rings. The van der Waals surface area contributed by atoms with E-state index in [0.717, 1.165) is 12.8 Å². The van der Waals surface area contributed by atoms with Crippen molar-refractivity contribution in [2.45, 2.75) is 31.6 Å². The van der Waals surface area contributed by atoms with Crippen LogP contribution in [0.5, 0.6) is 0 Å². The number of hydrogen-bond acceptors (Lipinski definition) is 6. The molecule has 1 aromatic heterocycles. The van der Waals surface area contributed by atoms with Crippen LogP contribution in [0.4, 0.5) is 4.79 Å². The first-order valence-electron chi connectivity index (χ1n) is 5.46. The van der Waals surface area contributed by atoms with Crippen molar-refractivity contribution < 1.29 is 18.8 Å². The smallest absolute Gasteiger partial charge is 0.404 e. The van der Waals surface area contributed by atoms with E-state index in [9.17, 15) is 9.59 Å². The van der Waals surface area contributed by atoms with E-state index in [1.54, 1.807) is 0 Å². The molecule has 0 aromatic carbocycles. The van der Waals surface area contributed by atoms with Crippen molar-refractivity contribution in [1.82, 2.24) is 10.1 Å². The van der Waals surface area contributed by atoms with Gasteiger partial charge in [-0.15, -0.1) is 0 Å². The third-order valence-electron chi connectivity index (χ3n) is 2.42. The standard InChI is InChI=1S/C10H13N3O4/c11-10(15)16-5-1-2-7(14)9-12-8(13-17-9)6-3-4-6/h6H,1-5H2,(H2,11,15). The zero-order valence-electron chi connectivity index (χ0n) is 9.22. The fraction of sp³-hybridized carbons (Fsp3) is 0.600.